The highest BCUT2D eigenvalue weighted by molar-refractivity contribution is 8.01. The van der Waals surface area contributed by atoms with Gasteiger partial charge in [-0.3, -0.25) is 20.2 Å². The zero-order chi connectivity index (χ0) is 21.9. The van der Waals surface area contributed by atoms with Crippen molar-refractivity contribution < 1.29 is 22.9 Å². The number of alkyl halides is 3. The van der Waals surface area contributed by atoms with Crippen LogP contribution in [-0.2, 0) is 6.18 Å². The fraction of sp³-hybridized carbons (Fsp3) is 0.0588. The maximum absolute atomic E-state index is 12.8. The van der Waals surface area contributed by atoms with Crippen LogP contribution >= 0.6 is 23.1 Å². The molecule has 0 atom stereocenters. The topological polar surface area (TPSA) is 122 Å². The molecule has 0 aliphatic heterocycles. The molecule has 13 heteroatoms. The van der Waals surface area contributed by atoms with Gasteiger partial charge in [0, 0.05) is 22.6 Å². The maximum Gasteiger partial charge on any atom is 0.416 e. The number of benzene rings is 2. The van der Waals surface area contributed by atoms with Gasteiger partial charge in [-0.15, -0.1) is 10.2 Å². The lowest BCUT2D eigenvalue weighted by Crippen LogP contribution is -2.13. The Labute approximate surface area is 174 Å². The summed E-state index contributed by atoms with van der Waals surface area (Å²) in [6.45, 7) is 0. The Morgan fingerprint density at radius 2 is 2.00 bits per heavy atom. The van der Waals surface area contributed by atoms with Gasteiger partial charge in [-0.2, -0.15) is 18.4 Å². The second-order valence-electron chi connectivity index (χ2n) is 5.56. The third kappa shape index (κ3) is 4.91. The molecule has 0 saturated carbocycles. The Hall–Kier alpha value is -3.50. The summed E-state index contributed by atoms with van der Waals surface area (Å²) in [5.74, 6) is -0.790. The fourth-order valence-corrected chi connectivity index (χ4v) is 3.98. The predicted octanol–water partition coefficient (Wildman–Crippen LogP) is 4.74. The van der Waals surface area contributed by atoms with E-state index in [0.29, 0.717) is 9.24 Å². The third-order valence-corrected chi connectivity index (χ3v) is 5.54. The second kappa shape index (κ2) is 8.47. The number of non-ortho nitro benzene ring substituents is 1. The molecule has 2 aromatic carbocycles. The van der Waals surface area contributed by atoms with E-state index in [-0.39, 0.29) is 21.9 Å². The van der Waals surface area contributed by atoms with Gasteiger partial charge >= 0.3 is 6.18 Å². The van der Waals surface area contributed by atoms with Crippen LogP contribution in [0.1, 0.15) is 21.5 Å². The molecule has 0 bridgehead atoms. The lowest BCUT2D eigenvalue weighted by molar-refractivity contribution is -0.384. The van der Waals surface area contributed by atoms with E-state index < -0.39 is 22.6 Å². The molecule has 1 amide bonds. The Kier molecular flexibility index (Phi) is 5.99. The number of rotatable bonds is 5. The molecule has 8 nitrogen and oxygen atoms in total. The Bertz CT molecular complexity index is 1170. The first kappa shape index (κ1) is 21.2. The highest BCUT2D eigenvalue weighted by Crippen LogP contribution is 2.35. The number of nitrogens with one attached hydrogen (secondary N) is 1. The van der Waals surface area contributed by atoms with Crippen LogP contribution in [0.5, 0.6) is 0 Å². The number of nitrogens with zero attached hydrogens (tertiary/aromatic N) is 4. The zero-order valence-electron chi connectivity index (χ0n) is 14.5. The minimum absolute atomic E-state index is 0.0420. The van der Waals surface area contributed by atoms with Gasteiger partial charge in [-0.25, -0.2) is 0 Å². The van der Waals surface area contributed by atoms with Crippen molar-refractivity contribution >= 4 is 39.8 Å². The highest BCUT2D eigenvalue weighted by atomic mass is 32.2. The van der Waals surface area contributed by atoms with Gasteiger partial charge in [0.05, 0.1) is 16.1 Å². The molecule has 0 aliphatic rings. The summed E-state index contributed by atoms with van der Waals surface area (Å²) in [6, 6.07) is 9.55. The van der Waals surface area contributed by atoms with Crippen LogP contribution in [-0.4, -0.2) is 21.0 Å². The Morgan fingerprint density at radius 1 is 1.23 bits per heavy atom. The van der Waals surface area contributed by atoms with Gasteiger partial charge < -0.3 is 0 Å². The molecule has 0 unspecified atom stereocenters. The number of anilines is 1. The minimum atomic E-state index is -4.58. The van der Waals surface area contributed by atoms with Crippen LogP contribution < -0.4 is 5.32 Å². The maximum atomic E-state index is 12.8. The fourth-order valence-electron chi connectivity index (χ4n) is 2.21. The zero-order valence-corrected chi connectivity index (χ0v) is 16.1. The summed E-state index contributed by atoms with van der Waals surface area (Å²) < 4.78 is 38.7. The van der Waals surface area contributed by atoms with E-state index in [4.69, 9.17) is 0 Å². The SMILES string of the molecule is N#Cc1cc([N+](=O)[O-])ccc1Sc1nnc(NC(=O)c2cccc(C(F)(F)F)c2)s1. The van der Waals surface area contributed by atoms with Crippen LogP contribution in [0.25, 0.3) is 0 Å². The summed E-state index contributed by atoms with van der Waals surface area (Å²) in [6.07, 6.45) is -4.58. The number of hydrogen-bond acceptors (Lipinski definition) is 8. The van der Waals surface area contributed by atoms with Crippen LogP contribution in [0.4, 0.5) is 24.0 Å². The quantitative estimate of drug-likeness (QED) is 0.338. The summed E-state index contributed by atoms with van der Waals surface area (Å²) in [5, 5.41) is 30.0. The summed E-state index contributed by atoms with van der Waals surface area (Å²) in [7, 11) is 0. The monoisotopic (exact) mass is 451 g/mol. The average Bonchev–Trinajstić information content (AvgIpc) is 3.14. The molecular formula is C17H8F3N5O3S2. The number of nitriles is 1. The van der Waals surface area contributed by atoms with Crippen molar-refractivity contribution in [2.75, 3.05) is 5.32 Å². The van der Waals surface area contributed by atoms with E-state index in [0.717, 1.165) is 47.4 Å². The molecule has 152 valence electrons. The third-order valence-electron chi connectivity index (χ3n) is 3.57. The number of amides is 1. The van der Waals surface area contributed by atoms with Gasteiger partial charge in [0.2, 0.25) is 5.13 Å². The molecule has 0 radical (unpaired) electrons. The first-order valence-corrected chi connectivity index (χ1v) is 9.49. The van der Waals surface area contributed by atoms with Gasteiger partial charge in [0.1, 0.15) is 6.07 Å². The second-order valence-corrected chi connectivity index (χ2v) is 7.82. The minimum Gasteiger partial charge on any atom is -0.296 e. The molecule has 1 heterocycles. The van der Waals surface area contributed by atoms with Gasteiger partial charge in [0.15, 0.2) is 4.34 Å². The molecule has 3 aromatic rings. The number of halogens is 3. The van der Waals surface area contributed by atoms with Crippen LogP contribution in [0.15, 0.2) is 51.7 Å². The van der Waals surface area contributed by atoms with E-state index in [1.54, 1.807) is 0 Å². The van der Waals surface area contributed by atoms with Crippen molar-refractivity contribution in [1.82, 2.24) is 10.2 Å². The van der Waals surface area contributed by atoms with Crippen molar-refractivity contribution in [3.05, 3.63) is 69.3 Å². The number of nitro benzene ring substituents is 1. The molecular weight excluding hydrogens is 443 g/mol. The summed E-state index contributed by atoms with van der Waals surface area (Å²) in [5.41, 5.74) is -1.32. The normalized spacial score (nSPS) is 11.0. The van der Waals surface area contributed by atoms with Crippen molar-refractivity contribution in [2.45, 2.75) is 15.4 Å². The molecule has 30 heavy (non-hydrogen) atoms. The lowest BCUT2D eigenvalue weighted by atomic mass is 10.1. The first-order valence-electron chi connectivity index (χ1n) is 7.86. The molecule has 0 spiro atoms. The van der Waals surface area contributed by atoms with Gasteiger partial charge in [-0.1, -0.05) is 29.2 Å². The molecule has 1 N–H and O–H groups in total. The van der Waals surface area contributed by atoms with Crippen molar-refractivity contribution in [2.24, 2.45) is 0 Å². The van der Waals surface area contributed by atoms with Crippen molar-refractivity contribution in [1.29, 1.82) is 5.26 Å². The van der Waals surface area contributed by atoms with Gasteiger partial charge in [-0.05, 0) is 24.3 Å². The molecule has 0 saturated heterocycles. The van der Waals surface area contributed by atoms with E-state index in [9.17, 15) is 33.3 Å². The van der Waals surface area contributed by atoms with E-state index >= 15 is 0 Å². The Balaban J connectivity index is 1.74. The van der Waals surface area contributed by atoms with Crippen molar-refractivity contribution in [3.8, 4) is 6.07 Å². The summed E-state index contributed by atoms with van der Waals surface area (Å²) in [4.78, 5) is 22.8. The molecule has 0 aliphatic carbocycles. The number of hydrogen-bond donors (Lipinski definition) is 1. The number of carbonyl (C=O) groups excluding carboxylic acids is 1. The average molecular weight is 451 g/mol. The molecule has 3 rings (SSSR count). The Morgan fingerprint density at radius 3 is 2.67 bits per heavy atom. The van der Waals surface area contributed by atoms with Crippen molar-refractivity contribution in [3.63, 3.8) is 0 Å². The number of nitro groups is 1. The number of carbonyl (C=O) groups is 1. The number of aromatic nitrogens is 2. The lowest BCUT2D eigenvalue weighted by Gasteiger charge is -2.08. The van der Waals surface area contributed by atoms with Crippen LogP contribution in [0.2, 0.25) is 0 Å². The van der Waals surface area contributed by atoms with E-state index in [2.05, 4.69) is 15.5 Å². The van der Waals surface area contributed by atoms with Crippen LogP contribution in [0.3, 0.4) is 0 Å². The van der Waals surface area contributed by atoms with E-state index in [1.807, 2.05) is 6.07 Å². The van der Waals surface area contributed by atoms with E-state index in [1.165, 1.54) is 18.2 Å². The smallest absolute Gasteiger partial charge is 0.296 e. The van der Waals surface area contributed by atoms with Gasteiger partial charge in [0.25, 0.3) is 11.6 Å². The largest absolute Gasteiger partial charge is 0.416 e. The summed E-state index contributed by atoms with van der Waals surface area (Å²) >= 11 is 1.94. The standard InChI is InChI=1S/C17H8F3N5O3S2/c18-17(19,20)11-3-1-2-9(6-11)14(26)22-15-23-24-16(30-15)29-13-5-4-12(25(27)28)7-10(13)8-21/h1-7H,(H,22,23,26). The molecule has 1 aromatic heterocycles. The highest BCUT2D eigenvalue weighted by Gasteiger charge is 2.31. The molecule has 0 fully saturated rings. The first-order chi connectivity index (χ1) is 14.2. The van der Waals surface area contributed by atoms with Crippen LogP contribution in [0, 0.1) is 21.4 Å². The predicted molar refractivity (Wildman–Crippen MR) is 101 cm³/mol.